The quantitative estimate of drug-likeness (QED) is 0.486. The Morgan fingerprint density at radius 2 is 1.66 bits per heavy atom. The van der Waals surface area contributed by atoms with Gasteiger partial charge in [0.05, 0.1) is 28.2 Å². The zero-order chi connectivity index (χ0) is 20.4. The van der Waals surface area contributed by atoms with Crippen LogP contribution in [0, 0.1) is 0 Å². The third-order valence-electron chi connectivity index (χ3n) is 5.48. The number of nitrogens with one attached hydrogen (secondary N) is 3. The van der Waals surface area contributed by atoms with Crippen LogP contribution < -0.4 is 16.0 Å². The van der Waals surface area contributed by atoms with Crippen molar-refractivity contribution in [3.63, 3.8) is 0 Å². The molecule has 0 atom stereocenters. The van der Waals surface area contributed by atoms with Gasteiger partial charge in [-0.2, -0.15) is 0 Å². The third kappa shape index (κ3) is 3.67. The lowest BCUT2D eigenvalue weighted by atomic mass is 9.88. The van der Waals surface area contributed by atoms with E-state index in [9.17, 15) is 9.90 Å². The maximum Gasteiger partial charge on any atom is 0.257 e. The van der Waals surface area contributed by atoms with Crippen molar-refractivity contribution in [2.24, 2.45) is 0 Å². The summed E-state index contributed by atoms with van der Waals surface area (Å²) in [6, 6.07) is 15.0. The van der Waals surface area contributed by atoms with Crippen molar-refractivity contribution in [1.82, 2.24) is 4.98 Å². The molecule has 1 amide bonds. The molecule has 4 N–H and O–H groups in total. The molecule has 0 bridgehead atoms. The van der Waals surface area contributed by atoms with Crippen LogP contribution in [0.4, 0.5) is 28.4 Å². The van der Waals surface area contributed by atoms with Crippen LogP contribution in [0.1, 0.15) is 42.6 Å². The fourth-order valence-corrected chi connectivity index (χ4v) is 3.56. The average molecular weight is 388 g/mol. The van der Waals surface area contributed by atoms with Crippen molar-refractivity contribution in [2.45, 2.75) is 32.3 Å². The molecule has 0 fully saturated rings. The van der Waals surface area contributed by atoms with Gasteiger partial charge in [-0.25, -0.2) is 0 Å². The number of pyridine rings is 1. The van der Waals surface area contributed by atoms with Crippen LogP contribution in [-0.4, -0.2) is 16.0 Å². The van der Waals surface area contributed by atoms with E-state index in [2.05, 4.69) is 20.9 Å². The van der Waals surface area contributed by atoms with Gasteiger partial charge < -0.3 is 21.1 Å². The molecule has 0 radical (unpaired) electrons. The molecule has 0 spiro atoms. The number of hydrogen-bond donors (Lipinski definition) is 4. The number of hydrogen-bond acceptors (Lipinski definition) is 5. The minimum atomic E-state index is -0.902. The molecule has 29 heavy (non-hydrogen) atoms. The van der Waals surface area contributed by atoms with Crippen molar-refractivity contribution in [3.05, 3.63) is 72.1 Å². The van der Waals surface area contributed by atoms with Gasteiger partial charge in [0.15, 0.2) is 0 Å². The lowest BCUT2D eigenvalue weighted by Crippen LogP contribution is -2.23. The van der Waals surface area contributed by atoms with Crippen molar-refractivity contribution >= 4 is 34.3 Å². The van der Waals surface area contributed by atoms with E-state index in [1.807, 2.05) is 56.3 Å². The first-order chi connectivity index (χ1) is 14.0. The molecule has 0 saturated heterocycles. The van der Waals surface area contributed by atoms with Gasteiger partial charge in [0, 0.05) is 23.8 Å². The predicted octanol–water partition coefficient (Wildman–Crippen LogP) is 5.14. The summed E-state index contributed by atoms with van der Waals surface area (Å²) in [7, 11) is 0. The van der Waals surface area contributed by atoms with Crippen LogP contribution in [-0.2, 0) is 5.60 Å². The van der Waals surface area contributed by atoms with E-state index in [1.54, 1.807) is 18.5 Å². The number of nitrogens with zero attached hydrogens (tertiary/aromatic N) is 1. The molecule has 2 heterocycles. The highest BCUT2D eigenvalue weighted by Crippen LogP contribution is 2.38. The van der Waals surface area contributed by atoms with Gasteiger partial charge in [-0.15, -0.1) is 0 Å². The first kappa shape index (κ1) is 19.0. The zero-order valence-electron chi connectivity index (χ0n) is 16.5. The molecular weight excluding hydrogens is 364 g/mol. The molecule has 148 valence electrons. The van der Waals surface area contributed by atoms with Gasteiger partial charge in [0.2, 0.25) is 0 Å². The number of carbonyl (C=O) groups excluding carboxylic acids is 1. The summed E-state index contributed by atoms with van der Waals surface area (Å²) in [4.78, 5) is 16.8. The molecule has 1 aromatic heterocycles. The second-order valence-corrected chi connectivity index (χ2v) is 7.20. The lowest BCUT2D eigenvalue weighted by molar-refractivity contribution is 0.0284. The molecule has 4 rings (SSSR count). The van der Waals surface area contributed by atoms with Crippen LogP contribution in [0.5, 0.6) is 0 Å². The molecule has 2 aromatic carbocycles. The monoisotopic (exact) mass is 388 g/mol. The smallest absolute Gasteiger partial charge is 0.257 e. The second-order valence-electron chi connectivity index (χ2n) is 7.20. The Morgan fingerprint density at radius 3 is 2.38 bits per heavy atom. The highest BCUT2D eigenvalue weighted by molar-refractivity contribution is 6.12. The zero-order valence-corrected chi connectivity index (χ0v) is 16.5. The van der Waals surface area contributed by atoms with E-state index >= 15 is 0 Å². The topological polar surface area (TPSA) is 86.3 Å². The van der Waals surface area contributed by atoms with E-state index < -0.39 is 5.60 Å². The minimum absolute atomic E-state index is 0.185. The second kappa shape index (κ2) is 7.56. The molecule has 1 aliphatic heterocycles. The lowest BCUT2D eigenvalue weighted by Gasteiger charge is -2.26. The highest BCUT2D eigenvalue weighted by atomic mass is 16.3. The van der Waals surface area contributed by atoms with Gasteiger partial charge in [-0.05, 0) is 60.9 Å². The van der Waals surface area contributed by atoms with Crippen LogP contribution in [0.3, 0.4) is 0 Å². The maximum atomic E-state index is 12.8. The molecular formula is C23H24N4O2. The maximum absolute atomic E-state index is 12.8. The number of amides is 1. The number of aliphatic hydroxyl groups is 1. The number of aromatic nitrogens is 1. The number of carbonyl (C=O) groups is 1. The summed E-state index contributed by atoms with van der Waals surface area (Å²) >= 11 is 0. The van der Waals surface area contributed by atoms with Crippen LogP contribution in [0.25, 0.3) is 0 Å². The predicted molar refractivity (Wildman–Crippen MR) is 116 cm³/mol. The van der Waals surface area contributed by atoms with Crippen LogP contribution in [0.15, 0.2) is 60.9 Å². The summed E-state index contributed by atoms with van der Waals surface area (Å²) in [6.07, 6.45) is 4.65. The van der Waals surface area contributed by atoms with E-state index in [-0.39, 0.29) is 5.91 Å². The summed E-state index contributed by atoms with van der Waals surface area (Å²) < 4.78 is 0. The number of fused-ring (bicyclic) bond motifs is 2. The Morgan fingerprint density at radius 1 is 0.897 bits per heavy atom. The Labute approximate surface area is 170 Å². The fourth-order valence-electron chi connectivity index (χ4n) is 3.56. The van der Waals surface area contributed by atoms with Gasteiger partial charge in [0.25, 0.3) is 5.91 Å². The summed E-state index contributed by atoms with van der Waals surface area (Å²) in [5.74, 6) is -0.185. The molecule has 0 unspecified atom stereocenters. The third-order valence-corrected chi connectivity index (χ3v) is 5.48. The van der Waals surface area contributed by atoms with Crippen molar-refractivity contribution in [3.8, 4) is 0 Å². The Hall–Kier alpha value is -3.38. The number of anilines is 5. The van der Waals surface area contributed by atoms with Gasteiger partial charge in [0.1, 0.15) is 0 Å². The van der Waals surface area contributed by atoms with Gasteiger partial charge in [-0.1, -0.05) is 19.9 Å². The highest BCUT2D eigenvalue weighted by Gasteiger charge is 2.27. The van der Waals surface area contributed by atoms with E-state index in [0.717, 1.165) is 22.6 Å². The molecule has 0 aliphatic carbocycles. The Bertz CT molecular complexity index is 1050. The number of rotatable bonds is 5. The molecule has 3 aromatic rings. The largest absolute Gasteiger partial charge is 0.385 e. The molecule has 6 heteroatoms. The van der Waals surface area contributed by atoms with Gasteiger partial charge in [-0.3, -0.25) is 9.78 Å². The van der Waals surface area contributed by atoms with Crippen molar-refractivity contribution in [1.29, 1.82) is 0 Å². The molecule has 6 nitrogen and oxygen atoms in total. The Balaban J connectivity index is 1.68. The van der Waals surface area contributed by atoms with Crippen molar-refractivity contribution < 1.29 is 9.90 Å². The Kier molecular flexibility index (Phi) is 4.94. The minimum Gasteiger partial charge on any atom is -0.385 e. The summed E-state index contributed by atoms with van der Waals surface area (Å²) in [6.45, 7) is 3.92. The standard InChI is InChI=1S/C23H24N4O2/c1-3-23(29,4-2)15-5-8-19-21(13-15)27-22(28)18-7-6-17(14-20(18)26-19)25-16-9-11-24-12-10-16/h5-14,26,29H,3-4H2,1-2H3,(H,24,25)(H,27,28). The van der Waals surface area contributed by atoms with Crippen molar-refractivity contribution in [2.75, 3.05) is 16.0 Å². The van der Waals surface area contributed by atoms with E-state index in [4.69, 9.17) is 0 Å². The summed E-state index contributed by atoms with van der Waals surface area (Å²) in [5.41, 5.74) is 4.40. The number of benzene rings is 2. The van der Waals surface area contributed by atoms with E-state index in [1.165, 1.54) is 0 Å². The summed E-state index contributed by atoms with van der Waals surface area (Å²) in [5, 5.41) is 20.5. The van der Waals surface area contributed by atoms with Crippen LogP contribution in [0.2, 0.25) is 0 Å². The normalized spacial score (nSPS) is 12.9. The molecule has 0 saturated carbocycles. The van der Waals surface area contributed by atoms with Gasteiger partial charge >= 0.3 is 0 Å². The van der Waals surface area contributed by atoms with E-state index in [0.29, 0.717) is 29.8 Å². The fraction of sp³-hybridized carbons (Fsp3) is 0.217. The SMILES string of the molecule is CCC(O)(CC)c1ccc2c(c1)NC(=O)c1ccc(Nc3ccncc3)cc1N2. The average Bonchev–Trinajstić information content (AvgIpc) is 2.88. The molecule has 1 aliphatic rings. The first-order valence-electron chi connectivity index (χ1n) is 9.79. The first-order valence-corrected chi connectivity index (χ1v) is 9.79. The van der Waals surface area contributed by atoms with Crippen LogP contribution >= 0.6 is 0 Å².